The zero-order valence-corrected chi connectivity index (χ0v) is 12.5. The van der Waals surface area contributed by atoms with Crippen LogP contribution >= 0.6 is 0 Å². The number of hydrogen-bond donors (Lipinski definition) is 1. The molecule has 0 aliphatic rings. The van der Waals surface area contributed by atoms with Gasteiger partial charge in [-0.3, -0.25) is 4.79 Å². The van der Waals surface area contributed by atoms with Crippen LogP contribution in [0.5, 0.6) is 0 Å². The van der Waals surface area contributed by atoms with Crippen LogP contribution in [0.4, 0.5) is 14.5 Å². The molecule has 0 spiro atoms. The molecule has 2 aromatic carbocycles. The van der Waals surface area contributed by atoms with Crippen molar-refractivity contribution in [2.45, 2.75) is 11.3 Å². The molecule has 2 aromatic rings. The first kappa shape index (κ1) is 16.1. The first-order valence-corrected chi connectivity index (χ1v) is 8.19. The van der Waals surface area contributed by atoms with Gasteiger partial charge < -0.3 is 5.32 Å². The molecule has 1 N–H and O–H groups in total. The molecule has 0 radical (unpaired) electrons. The Balaban J connectivity index is 2.22. The second kappa shape index (κ2) is 6.23. The second-order valence-corrected chi connectivity index (χ2v) is 6.71. The van der Waals surface area contributed by atoms with E-state index in [1.807, 2.05) is 0 Å². The number of sulfone groups is 1. The molecule has 4 nitrogen and oxygen atoms in total. The average Bonchev–Trinajstić information content (AvgIpc) is 2.42. The highest BCUT2D eigenvalue weighted by molar-refractivity contribution is 7.90. The first-order valence-electron chi connectivity index (χ1n) is 6.30. The minimum absolute atomic E-state index is 0.0323. The zero-order chi connectivity index (χ0) is 16.3. The van der Waals surface area contributed by atoms with Gasteiger partial charge >= 0.3 is 0 Å². The number of halogens is 2. The number of benzene rings is 2. The van der Waals surface area contributed by atoms with Crippen LogP contribution in [0.15, 0.2) is 47.4 Å². The first-order chi connectivity index (χ1) is 10.3. The Bertz CT molecular complexity index is 819. The Labute approximate surface area is 126 Å². The number of nitrogens with one attached hydrogen (secondary N) is 1. The van der Waals surface area contributed by atoms with E-state index in [1.54, 1.807) is 12.1 Å². The molecule has 0 fully saturated rings. The van der Waals surface area contributed by atoms with E-state index >= 15 is 0 Å². The molecule has 7 heteroatoms. The summed E-state index contributed by atoms with van der Waals surface area (Å²) >= 11 is 0. The van der Waals surface area contributed by atoms with Gasteiger partial charge in [0.1, 0.15) is 11.6 Å². The summed E-state index contributed by atoms with van der Waals surface area (Å²) in [5.74, 6) is -2.10. The number of carbonyl (C=O) groups is 1. The normalized spacial score (nSPS) is 11.2. The number of amides is 1. The van der Waals surface area contributed by atoms with Crippen LogP contribution < -0.4 is 5.32 Å². The van der Waals surface area contributed by atoms with E-state index in [2.05, 4.69) is 5.32 Å². The molecule has 1 amide bonds. The van der Waals surface area contributed by atoms with Gasteiger partial charge in [0.15, 0.2) is 9.84 Å². The van der Waals surface area contributed by atoms with Gasteiger partial charge in [-0.05, 0) is 23.8 Å². The van der Waals surface area contributed by atoms with Crippen molar-refractivity contribution in [2.24, 2.45) is 0 Å². The van der Waals surface area contributed by atoms with E-state index in [0.717, 1.165) is 24.5 Å². The molecule has 116 valence electrons. The molecule has 0 heterocycles. The van der Waals surface area contributed by atoms with Crippen LogP contribution in [0.2, 0.25) is 0 Å². The lowest BCUT2D eigenvalue weighted by Crippen LogP contribution is -2.17. The molecule has 0 saturated heterocycles. The van der Waals surface area contributed by atoms with Gasteiger partial charge in [0.2, 0.25) is 5.91 Å². The van der Waals surface area contributed by atoms with Crippen LogP contribution in [0.25, 0.3) is 0 Å². The van der Waals surface area contributed by atoms with E-state index < -0.39 is 27.4 Å². The summed E-state index contributed by atoms with van der Waals surface area (Å²) in [5, 5.41) is 2.23. The van der Waals surface area contributed by atoms with Crippen LogP contribution in [0, 0.1) is 11.6 Å². The van der Waals surface area contributed by atoms with Crippen LogP contribution in [-0.2, 0) is 21.1 Å². The van der Waals surface area contributed by atoms with E-state index in [4.69, 9.17) is 0 Å². The molecule has 0 unspecified atom stereocenters. The number of hydrogen-bond acceptors (Lipinski definition) is 3. The lowest BCUT2D eigenvalue weighted by molar-refractivity contribution is -0.115. The quantitative estimate of drug-likeness (QED) is 0.939. The van der Waals surface area contributed by atoms with Gasteiger partial charge in [-0.1, -0.05) is 18.2 Å². The third kappa shape index (κ3) is 3.88. The SMILES string of the molecule is CS(=O)(=O)c1ccccc1CC(=O)Nc1cc(F)ccc1F. The Morgan fingerprint density at radius 3 is 2.50 bits per heavy atom. The summed E-state index contributed by atoms with van der Waals surface area (Å²) in [6, 6.07) is 8.72. The third-order valence-corrected chi connectivity index (χ3v) is 4.12. The Morgan fingerprint density at radius 1 is 1.14 bits per heavy atom. The molecule has 0 bridgehead atoms. The molecule has 0 aromatic heterocycles. The van der Waals surface area contributed by atoms with Gasteiger partial charge in [0.05, 0.1) is 17.0 Å². The number of rotatable bonds is 4. The topological polar surface area (TPSA) is 63.2 Å². The fourth-order valence-corrected chi connectivity index (χ4v) is 2.91. The summed E-state index contributed by atoms with van der Waals surface area (Å²) in [7, 11) is -3.48. The van der Waals surface area contributed by atoms with Gasteiger partial charge in [0, 0.05) is 12.3 Å². The minimum Gasteiger partial charge on any atom is -0.323 e. The van der Waals surface area contributed by atoms with E-state index in [0.29, 0.717) is 5.56 Å². The van der Waals surface area contributed by atoms with Gasteiger partial charge in [-0.25, -0.2) is 17.2 Å². The average molecular weight is 325 g/mol. The standard InChI is InChI=1S/C15H13F2NO3S/c1-22(20,21)14-5-3-2-4-10(14)8-15(19)18-13-9-11(16)6-7-12(13)17/h2-7,9H,8H2,1H3,(H,18,19). The Hall–Kier alpha value is -2.28. The molecule has 2 rings (SSSR count). The number of carbonyl (C=O) groups excluding carboxylic acids is 1. The zero-order valence-electron chi connectivity index (χ0n) is 11.6. The monoisotopic (exact) mass is 325 g/mol. The smallest absolute Gasteiger partial charge is 0.228 e. The summed E-state index contributed by atoms with van der Waals surface area (Å²) < 4.78 is 49.8. The third-order valence-electron chi connectivity index (χ3n) is 2.93. The highest BCUT2D eigenvalue weighted by Crippen LogP contribution is 2.18. The predicted octanol–water partition coefficient (Wildman–Crippen LogP) is 2.55. The van der Waals surface area contributed by atoms with E-state index in [1.165, 1.54) is 12.1 Å². The van der Waals surface area contributed by atoms with Crippen molar-refractivity contribution in [1.82, 2.24) is 0 Å². The van der Waals surface area contributed by atoms with Crippen molar-refractivity contribution >= 4 is 21.4 Å². The molecular formula is C15H13F2NO3S. The Kier molecular flexibility index (Phi) is 4.56. The molecule has 22 heavy (non-hydrogen) atoms. The lowest BCUT2D eigenvalue weighted by atomic mass is 10.1. The van der Waals surface area contributed by atoms with Crippen LogP contribution in [0.3, 0.4) is 0 Å². The maximum atomic E-state index is 13.5. The summed E-state index contributed by atoms with van der Waals surface area (Å²) in [4.78, 5) is 12.0. The molecule has 0 aliphatic heterocycles. The Morgan fingerprint density at radius 2 is 1.82 bits per heavy atom. The van der Waals surface area contributed by atoms with Crippen molar-refractivity contribution in [3.05, 3.63) is 59.7 Å². The predicted molar refractivity (Wildman–Crippen MR) is 78.2 cm³/mol. The van der Waals surface area contributed by atoms with Crippen molar-refractivity contribution in [2.75, 3.05) is 11.6 Å². The highest BCUT2D eigenvalue weighted by atomic mass is 32.2. The fraction of sp³-hybridized carbons (Fsp3) is 0.133. The van der Waals surface area contributed by atoms with E-state index in [9.17, 15) is 22.0 Å². The molecule has 0 atom stereocenters. The second-order valence-electron chi connectivity index (χ2n) is 4.73. The van der Waals surface area contributed by atoms with Crippen LogP contribution in [-0.4, -0.2) is 20.6 Å². The highest BCUT2D eigenvalue weighted by Gasteiger charge is 2.16. The van der Waals surface area contributed by atoms with Crippen molar-refractivity contribution in [1.29, 1.82) is 0 Å². The largest absolute Gasteiger partial charge is 0.323 e. The lowest BCUT2D eigenvalue weighted by Gasteiger charge is -2.09. The maximum Gasteiger partial charge on any atom is 0.228 e. The minimum atomic E-state index is -3.48. The van der Waals surface area contributed by atoms with Gasteiger partial charge in [-0.15, -0.1) is 0 Å². The van der Waals surface area contributed by atoms with Crippen molar-refractivity contribution in [3.8, 4) is 0 Å². The number of anilines is 1. The molecule has 0 aliphatic carbocycles. The summed E-state index contributed by atoms with van der Waals surface area (Å²) in [6.07, 6.45) is 0.773. The summed E-state index contributed by atoms with van der Waals surface area (Å²) in [5.41, 5.74) is 0.00106. The van der Waals surface area contributed by atoms with E-state index in [-0.39, 0.29) is 17.0 Å². The summed E-state index contributed by atoms with van der Waals surface area (Å²) in [6.45, 7) is 0. The maximum absolute atomic E-state index is 13.5. The van der Waals surface area contributed by atoms with Gasteiger partial charge in [0.25, 0.3) is 0 Å². The van der Waals surface area contributed by atoms with Gasteiger partial charge in [-0.2, -0.15) is 0 Å². The molecular weight excluding hydrogens is 312 g/mol. The van der Waals surface area contributed by atoms with Crippen molar-refractivity contribution < 1.29 is 22.0 Å². The van der Waals surface area contributed by atoms with Crippen molar-refractivity contribution in [3.63, 3.8) is 0 Å². The molecule has 0 saturated carbocycles. The fourth-order valence-electron chi connectivity index (χ4n) is 1.97. The van der Waals surface area contributed by atoms with Crippen LogP contribution in [0.1, 0.15) is 5.56 Å².